The molecular weight excluding hydrogens is 540 g/mol. The maximum atomic E-state index is 14.7. The van der Waals surface area contributed by atoms with Crippen LogP contribution in [0.3, 0.4) is 0 Å². The van der Waals surface area contributed by atoms with Gasteiger partial charge in [0.15, 0.2) is 0 Å². The van der Waals surface area contributed by atoms with E-state index in [1.807, 2.05) is 24.9 Å². The largest absolute Gasteiger partial charge is 0.496 e. The summed E-state index contributed by atoms with van der Waals surface area (Å²) in [5.41, 5.74) is 2.64. The number of carbonyl (C=O) groups excluding carboxylic acids is 1. The number of amides is 1. The van der Waals surface area contributed by atoms with Gasteiger partial charge in [-0.3, -0.25) is 9.78 Å². The standard InChI is InChI=1S/C30H30ClF2N3O2S/c1-17-4-10-23(32)28-26(17)27(31)29(39-28)30(37)36(21-8-6-20(34-2)7-9-21)16-19-14-18(5-11-25(19)38-3)22-12-13-35-15-24(22)33/h4-5,10-15,20-21,34H,6-9,16H2,1-3H3. The lowest BCUT2D eigenvalue weighted by Crippen LogP contribution is -2.44. The van der Waals surface area contributed by atoms with Crippen LogP contribution >= 0.6 is 22.9 Å². The molecule has 1 saturated carbocycles. The van der Waals surface area contributed by atoms with Crippen LogP contribution in [0.25, 0.3) is 21.2 Å². The molecule has 5 rings (SSSR count). The number of fused-ring (bicyclic) bond motifs is 1. The van der Waals surface area contributed by atoms with E-state index in [4.69, 9.17) is 16.3 Å². The first-order valence-corrected chi connectivity index (χ1v) is 14.1. The van der Waals surface area contributed by atoms with Crippen molar-refractivity contribution in [1.82, 2.24) is 15.2 Å². The molecule has 4 aromatic rings. The summed E-state index contributed by atoms with van der Waals surface area (Å²) in [7, 11) is 3.53. The molecule has 0 aliphatic heterocycles. The summed E-state index contributed by atoms with van der Waals surface area (Å²) >= 11 is 7.85. The maximum Gasteiger partial charge on any atom is 0.266 e. The number of aromatic nitrogens is 1. The summed E-state index contributed by atoms with van der Waals surface area (Å²) in [5, 5.41) is 4.20. The van der Waals surface area contributed by atoms with Gasteiger partial charge in [0.25, 0.3) is 5.91 Å². The number of methoxy groups -OCH3 is 1. The number of rotatable bonds is 7. The molecule has 39 heavy (non-hydrogen) atoms. The average Bonchev–Trinajstić information content (AvgIpc) is 3.32. The Labute approximate surface area is 235 Å². The Morgan fingerprint density at radius 3 is 2.59 bits per heavy atom. The molecule has 0 spiro atoms. The summed E-state index contributed by atoms with van der Waals surface area (Å²) in [6.07, 6.45) is 6.21. The minimum Gasteiger partial charge on any atom is -0.496 e. The van der Waals surface area contributed by atoms with Crippen LogP contribution in [0, 0.1) is 18.6 Å². The quantitative estimate of drug-likeness (QED) is 0.252. The van der Waals surface area contributed by atoms with E-state index in [1.54, 1.807) is 37.6 Å². The van der Waals surface area contributed by atoms with Crippen molar-refractivity contribution >= 4 is 38.9 Å². The Morgan fingerprint density at radius 2 is 1.92 bits per heavy atom. The molecule has 2 aromatic heterocycles. The number of hydrogen-bond acceptors (Lipinski definition) is 5. The number of thiophene rings is 1. The molecule has 1 N–H and O–H groups in total. The highest BCUT2D eigenvalue weighted by atomic mass is 35.5. The maximum absolute atomic E-state index is 14.7. The van der Waals surface area contributed by atoms with Crippen molar-refractivity contribution in [3.8, 4) is 16.9 Å². The third kappa shape index (κ3) is 5.38. The van der Waals surface area contributed by atoms with Gasteiger partial charge in [-0.2, -0.15) is 0 Å². The first-order valence-electron chi connectivity index (χ1n) is 12.9. The highest BCUT2D eigenvalue weighted by Crippen LogP contribution is 2.41. The van der Waals surface area contributed by atoms with Gasteiger partial charge < -0.3 is 15.0 Å². The number of aryl methyl sites for hydroxylation is 1. The number of halogens is 3. The molecule has 1 aliphatic carbocycles. The van der Waals surface area contributed by atoms with Crippen molar-refractivity contribution in [2.45, 2.75) is 51.2 Å². The van der Waals surface area contributed by atoms with E-state index < -0.39 is 11.6 Å². The molecule has 2 aromatic carbocycles. The summed E-state index contributed by atoms with van der Waals surface area (Å²) in [4.78, 5) is 20.2. The van der Waals surface area contributed by atoms with Crippen LogP contribution in [0.15, 0.2) is 48.8 Å². The van der Waals surface area contributed by atoms with E-state index in [0.29, 0.717) is 37.9 Å². The summed E-state index contributed by atoms with van der Waals surface area (Å²) < 4.78 is 35.3. The second kappa shape index (κ2) is 11.6. The van der Waals surface area contributed by atoms with Crippen molar-refractivity contribution in [3.63, 3.8) is 0 Å². The van der Waals surface area contributed by atoms with Crippen LogP contribution in [0.4, 0.5) is 8.78 Å². The minimum absolute atomic E-state index is 0.0413. The number of hydrogen-bond donors (Lipinski definition) is 1. The van der Waals surface area contributed by atoms with Gasteiger partial charge in [0.2, 0.25) is 0 Å². The molecule has 5 nitrogen and oxygen atoms in total. The zero-order chi connectivity index (χ0) is 27.7. The predicted molar refractivity (Wildman–Crippen MR) is 153 cm³/mol. The Bertz CT molecular complexity index is 1520. The molecule has 1 aliphatic rings. The Hall–Kier alpha value is -3.07. The number of benzene rings is 2. The molecule has 0 unspecified atom stereocenters. The fourth-order valence-corrected chi connectivity index (χ4v) is 7.09. The number of nitrogens with one attached hydrogen (secondary N) is 1. The van der Waals surface area contributed by atoms with Crippen molar-refractivity contribution in [2.24, 2.45) is 0 Å². The van der Waals surface area contributed by atoms with E-state index in [9.17, 15) is 13.6 Å². The fourth-order valence-electron chi connectivity index (χ4n) is 5.46. The average molecular weight is 570 g/mol. The van der Waals surface area contributed by atoms with E-state index >= 15 is 0 Å². The molecule has 0 bridgehead atoms. The second-order valence-electron chi connectivity index (χ2n) is 9.92. The molecular formula is C30H30ClF2N3O2S. The number of pyridine rings is 1. The van der Waals surface area contributed by atoms with Gasteiger partial charge in [-0.25, -0.2) is 8.78 Å². The van der Waals surface area contributed by atoms with Gasteiger partial charge >= 0.3 is 0 Å². The Morgan fingerprint density at radius 1 is 1.15 bits per heavy atom. The SMILES string of the molecule is CNC1CCC(N(Cc2cc(-c3ccncc3F)ccc2OC)C(=O)c2sc3c(F)ccc(C)c3c2Cl)CC1. The lowest BCUT2D eigenvalue weighted by atomic mass is 9.89. The molecule has 0 radical (unpaired) electrons. The normalized spacial score (nSPS) is 17.4. The lowest BCUT2D eigenvalue weighted by Gasteiger charge is -2.37. The van der Waals surface area contributed by atoms with E-state index in [0.717, 1.165) is 48.1 Å². The zero-order valence-electron chi connectivity index (χ0n) is 22.1. The summed E-state index contributed by atoms with van der Waals surface area (Å²) in [6, 6.07) is 10.5. The molecule has 1 fully saturated rings. The fraction of sp³-hybridized carbons (Fsp3) is 0.333. The molecule has 1 amide bonds. The van der Waals surface area contributed by atoms with Gasteiger partial charge in [0.05, 0.1) is 23.0 Å². The Kier molecular flexibility index (Phi) is 8.16. The highest BCUT2D eigenvalue weighted by Gasteiger charge is 2.32. The topological polar surface area (TPSA) is 54.5 Å². The zero-order valence-corrected chi connectivity index (χ0v) is 23.6. The van der Waals surface area contributed by atoms with Gasteiger partial charge in [-0.15, -0.1) is 11.3 Å². The molecule has 0 atom stereocenters. The monoisotopic (exact) mass is 569 g/mol. The van der Waals surface area contributed by atoms with Crippen LogP contribution in [0.1, 0.15) is 46.5 Å². The van der Waals surface area contributed by atoms with Crippen molar-refractivity contribution in [3.05, 3.63) is 81.5 Å². The van der Waals surface area contributed by atoms with Crippen LogP contribution in [-0.4, -0.2) is 42.0 Å². The van der Waals surface area contributed by atoms with Crippen LogP contribution < -0.4 is 10.1 Å². The number of carbonyl (C=O) groups is 1. The highest BCUT2D eigenvalue weighted by molar-refractivity contribution is 7.21. The first-order chi connectivity index (χ1) is 18.8. The first kappa shape index (κ1) is 27.5. The third-order valence-electron chi connectivity index (χ3n) is 7.65. The van der Waals surface area contributed by atoms with E-state index in [-0.39, 0.29) is 23.5 Å². The van der Waals surface area contributed by atoms with E-state index in [2.05, 4.69) is 10.3 Å². The van der Waals surface area contributed by atoms with Gasteiger partial charge in [-0.1, -0.05) is 23.7 Å². The van der Waals surface area contributed by atoms with Crippen molar-refractivity contribution in [2.75, 3.05) is 14.2 Å². The van der Waals surface area contributed by atoms with E-state index in [1.165, 1.54) is 12.3 Å². The smallest absolute Gasteiger partial charge is 0.266 e. The van der Waals surface area contributed by atoms with Crippen molar-refractivity contribution in [1.29, 1.82) is 0 Å². The summed E-state index contributed by atoms with van der Waals surface area (Å²) in [5.74, 6) is -0.465. The summed E-state index contributed by atoms with van der Waals surface area (Å²) in [6.45, 7) is 2.10. The third-order valence-corrected chi connectivity index (χ3v) is 9.32. The molecule has 0 saturated heterocycles. The van der Waals surface area contributed by atoms with Gasteiger partial charge in [0.1, 0.15) is 22.3 Å². The van der Waals surface area contributed by atoms with Gasteiger partial charge in [0, 0.05) is 41.3 Å². The number of ether oxygens (including phenoxy) is 1. The minimum atomic E-state index is -0.429. The molecule has 2 heterocycles. The second-order valence-corrected chi connectivity index (χ2v) is 11.3. The predicted octanol–water partition coefficient (Wildman–Crippen LogP) is 7.38. The number of nitrogens with zero attached hydrogens (tertiary/aromatic N) is 2. The molecule has 204 valence electrons. The van der Waals surface area contributed by atoms with Gasteiger partial charge in [-0.05, 0) is 75.0 Å². The van der Waals surface area contributed by atoms with Crippen LogP contribution in [-0.2, 0) is 6.54 Å². The molecule has 9 heteroatoms. The van der Waals surface area contributed by atoms with Crippen LogP contribution in [0.2, 0.25) is 5.02 Å². The Balaban J connectivity index is 1.57. The van der Waals surface area contributed by atoms with Crippen LogP contribution in [0.5, 0.6) is 5.75 Å². The lowest BCUT2D eigenvalue weighted by molar-refractivity contribution is 0.0604. The van der Waals surface area contributed by atoms with Crippen molar-refractivity contribution < 1.29 is 18.3 Å².